The average molecular weight is 274 g/mol. The molecule has 0 aliphatic carbocycles. The van der Waals surface area contributed by atoms with Gasteiger partial charge in [0.05, 0.1) is 17.6 Å². The smallest absolute Gasteiger partial charge is 0.240 e. The Balaban J connectivity index is 2.30. The van der Waals surface area contributed by atoms with Gasteiger partial charge in [-0.05, 0) is 32.6 Å². The largest absolute Gasteiger partial charge is 0.355 e. The molecule has 1 heterocycles. The molecule has 1 aromatic carbocycles. The van der Waals surface area contributed by atoms with Gasteiger partial charge in [0.15, 0.2) is 0 Å². The first-order chi connectivity index (χ1) is 9.61. The van der Waals surface area contributed by atoms with Crippen LogP contribution in [0.1, 0.15) is 19.2 Å². The zero-order valence-electron chi connectivity index (χ0n) is 12.4. The monoisotopic (exact) mass is 274 g/mol. The van der Waals surface area contributed by atoms with Crippen molar-refractivity contribution in [3.8, 4) is 0 Å². The number of carbonyl (C=O) groups is 1. The molecule has 108 valence electrons. The van der Waals surface area contributed by atoms with E-state index in [1.54, 1.807) is 0 Å². The van der Waals surface area contributed by atoms with Gasteiger partial charge in [0, 0.05) is 6.54 Å². The Bertz CT molecular complexity index is 589. The summed E-state index contributed by atoms with van der Waals surface area (Å²) in [4.78, 5) is 18.7. The van der Waals surface area contributed by atoms with E-state index in [1.807, 2.05) is 49.9 Å². The van der Waals surface area contributed by atoms with E-state index in [0.717, 1.165) is 29.8 Å². The normalized spacial score (nSPS) is 11.2. The average Bonchev–Trinajstić information content (AvgIpc) is 2.74. The highest BCUT2D eigenvalue weighted by molar-refractivity contribution is 5.81. The van der Waals surface area contributed by atoms with Gasteiger partial charge in [0.25, 0.3) is 0 Å². The second-order valence-corrected chi connectivity index (χ2v) is 5.19. The molecule has 0 bridgehead atoms. The summed E-state index contributed by atoms with van der Waals surface area (Å²) in [6, 6.07) is 7.93. The summed E-state index contributed by atoms with van der Waals surface area (Å²) in [5.74, 6) is 0.956. The van der Waals surface area contributed by atoms with Gasteiger partial charge in [-0.15, -0.1) is 0 Å². The van der Waals surface area contributed by atoms with Gasteiger partial charge < -0.3 is 14.8 Å². The molecule has 20 heavy (non-hydrogen) atoms. The van der Waals surface area contributed by atoms with Crippen molar-refractivity contribution in [1.29, 1.82) is 0 Å². The van der Waals surface area contributed by atoms with E-state index in [2.05, 4.69) is 15.2 Å². The number of para-hydroxylation sites is 2. The lowest BCUT2D eigenvalue weighted by atomic mass is 10.3. The molecule has 2 aromatic rings. The van der Waals surface area contributed by atoms with Gasteiger partial charge in [-0.3, -0.25) is 4.79 Å². The number of rotatable bonds is 6. The van der Waals surface area contributed by atoms with E-state index in [0.29, 0.717) is 13.1 Å². The standard InChI is InChI=1S/C15H22N4O/c1-4-9-16-15(20)11-19-13-8-6-5-7-12(13)17-14(19)10-18(2)3/h5-8H,4,9-11H2,1-3H3,(H,16,20). The minimum atomic E-state index is 0.0370. The summed E-state index contributed by atoms with van der Waals surface area (Å²) in [6.45, 7) is 3.80. The van der Waals surface area contributed by atoms with Crippen LogP contribution in [0.2, 0.25) is 0 Å². The topological polar surface area (TPSA) is 50.2 Å². The minimum absolute atomic E-state index is 0.0370. The van der Waals surface area contributed by atoms with Crippen molar-refractivity contribution in [2.24, 2.45) is 0 Å². The van der Waals surface area contributed by atoms with Crippen LogP contribution < -0.4 is 5.32 Å². The molecule has 2 rings (SSSR count). The van der Waals surface area contributed by atoms with Crippen LogP contribution in [-0.4, -0.2) is 41.0 Å². The van der Waals surface area contributed by atoms with Crippen LogP contribution in [0.25, 0.3) is 11.0 Å². The predicted octanol–water partition coefficient (Wildman–Crippen LogP) is 1.62. The third kappa shape index (κ3) is 3.36. The predicted molar refractivity (Wildman–Crippen MR) is 80.4 cm³/mol. The number of benzene rings is 1. The highest BCUT2D eigenvalue weighted by Gasteiger charge is 2.13. The zero-order chi connectivity index (χ0) is 14.5. The summed E-state index contributed by atoms with van der Waals surface area (Å²) >= 11 is 0. The molecule has 0 saturated carbocycles. The third-order valence-corrected chi connectivity index (χ3v) is 3.07. The summed E-state index contributed by atoms with van der Waals surface area (Å²) in [7, 11) is 4.00. The fourth-order valence-electron chi connectivity index (χ4n) is 2.17. The quantitative estimate of drug-likeness (QED) is 0.871. The zero-order valence-corrected chi connectivity index (χ0v) is 12.4. The number of hydrogen-bond donors (Lipinski definition) is 1. The highest BCUT2D eigenvalue weighted by atomic mass is 16.1. The summed E-state index contributed by atoms with van der Waals surface area (Å²) in [6.07, 6.45) is 0.945. The first-order valence-corrected chi connectivity index (χ1v) is 6.97. The van der Waals surface area contributed by atoms with Gasteiger partial charge in [-0.25, -0.2) is 4.98 Å². The SMILES string of the molecule is CCCNC(=O)Cn1c(CN(C)C)nc2ccccc21. The number of nitrogens with zero attached hydrogens (tertiary/aromatic N) is 3. The van der Waals surface area contributed by atoms with E-state index < -0.39 is 0 Å². The van der Waals surface area contributed by atoms with E-state index >= 15 is 0 Å². The number of aromatic nitrogens is 2. The Morgan fingerprint density at radius 3 is 2.80 bits per heavy atom. The van der Waals surface area contributed by atoms with Crippen molar-refractivity contribution in [3.63, 3.8) is 0 Å². The van der Waals surface area contributed by atoms with Crippen molar-refractivity contribution in [1.82, 2.24) is 19.8 Å². The Labute approximate surface area is 119 Å². The molecular weight excluding hydrogens is 252 g/mol. The van der Waals surface area contributed by atoms with Crippen molar-refractivity contribution >= 4 is 16.9 Å². The summed E-state index contributed by atoms with van der Waals surface area (Å²) in [5.41, 5.74) is 1.95. The van der Waals surface area contributed by atoms with Crippen molar-refractivity contribution in [3.05, 3.63) is 30.1 Å². The Morgan fingerprint density at radius 2 is 2.10 bits per heavy atom. The number of amides is 1. The molecule has 0 aliphatic rings. The molecule has 0 atom stereocenters. The molecule has 1 aromatic heterocycles. The Morgan fingerprint density at radius 1 is 1.35 bits per heavy atom. The van der Waals surface area contributed by atoms with E-state index in [1.165, 1.54) is 0 Å². The molecular formula is C15H22N4O. The van der Waals surface area contributed by atoms with Crippen molar-refractivity contribution in [2.75, 3.05) is 20.6 Å². The van der Waals surface area contributed by atoms with Crippen LogP contribution >= 0.6 is 0 Å². The number of carbonyl (C=O) groups excluding carboxylic acids is 1. The maximum absolute atomic E-state index is 12.0. The second-order valence-electron chi connectivity index (χ2n) is 5.19. The van der Waals surface area contributed by atoms with Gasteiger partial charge >= 0.3 is 0 Å². The maximum atomic E-state index is 12.0. The van der Waals surface area contributed by atoms with Crippen LogP contribution in [-0.2, 0) is 17.9 Å². The molecule has 0 aliphatic heterocycles. The number of imidazole rings is 1. The Hall–Kier alpha value is -1.88. The first-order valence-electron chi connectivity index (χ1n) is 6.97. The van der Waals surface area contributed by atoms with Gasteiger partial charge in [0.1, 0.15) is 12.4 Å². The molecule has 1 amide bonds. The summed E-state index contributed by atoms with van der Waals surface area (Å²) < 4.78 is 2.00. The van der Waals surface area contributed by atoms with E-state index in [4.69, 9.17) is 0 Å². The molecule has 1 N–H and O–H groups in total. The number of fused-ring (bicyclic) bond motifs is 1. The number of nitrogens with one attached hydrogen (secondary N) is 1. The van der Waals surface area contributed by atoms with Gasteiger partial charge in [-0.1, -0.05) is 19.1 Å². The maximum Gasteiger partial charge on any atom is 0.240 e. The van der Waals surface area contributed by atoms with Crippen LogP contribution in [0.15, 0.2) is 24.3 Å². The van der Waals surface area contributed by atoms with E-state index in [-0.39, 0.29) is 5.91 Å². The molecule has 0 spiro atoms. The number of hydrogen-bond acceptors (Lipinski definition) is 3. The van der Waals surface area contributed by atoms with Crippen LogP contribution in [0.5, 0.6) is 0 Å². The van der Waals surface area contributed by atoms with Crippen LogP contribution in [0.3, 0.4) is 0 Å². The lowest BCUT2D eigenvalue weighted by Gasteiger charge is -2.12. The molecule has 0 fully saturated rings. The third-order valence-electron chi connectivity index (χ3n) is 3.07. The fraction of sp³-hybridized carbons (Fsp3) is 0.467. The van der Waals surface area contributed by atoms with E-state index in [9.17, 15) is 4.79 Å². The highest BCUT2D eigenvalue weighted by Crippen LogP contribution is 2.16. The Kier molecular flexibility index (Phi) is 4.74. The van der Waals surface area contributed by atoms with Crippen molar-refractivity contribution in [2.45, 2.75) is 26.4 Å². The first kappa shape index (κ1) is 14.5. The lowest BCUT2D eigenvalue weighted by molar-refractivity contribution is -0.121. The fourth-order valence-corrected chi connectivity index (χ4v) is 2.17. The van der Waals surface area contributed by atoms with Crippen LogP contribution in [0.4, 0.5) is 0 Å². The van der Waals surface area contributed by atoms with Crippen LogP contribution in [0, 0.1) is 0 Å². The molecule has 0 unspecified atom stereocenters. The molecule has 0 saturated heterocycles. The second kappa shape index (κ2) is 6.52. The molecule has 5 heteroatoms. The summed E-state index contributed by atoms with van der Waals surface area (Å²) in [5, 5.41) is 2.91. The minimum Gasteiger partial charge on any atom is -0.355 e. The molecule has 5 nitrogen and oxygen atoms in total. The lowest BCUT2D eigenvalue weighted by Crippen LogP contribution is -2.29. The molecule has 0 radical (unpaired) electrons. The van der Waals surface area contributed by atoms with Gasteiger partial charge in [0.2, 0.25) is 5.91 Å². The van der Waals surface area contributed by atoms with Crippen molar-refractivity contribution < 1.29 is 4.79 Å². The van der Waals surface area contributed by atoms with Gasteiger partial charge in [-0.2, -0.15) is 0 Å².